The number of hydrogen-bond acceptors (Lipinski definition) is 2. The van der Waals surface area contributed by atoms with E-state index in [4.69, 9.17) is 0 Å². The molecule has 0 fully saturated rings. The molecule has 6 heteroatoms. The third kappa shape index (κ3) is 5.95. The van der Waals surface area contributed by atoms with E-state index in [0.29, 0.717) is 5.92 Å². The van der Waals surface area contributed by atoms with E-state index in [2.05, 4.69) is 63.7 Å². The number of nitrogens with zero attached hydrogens (tertiary/aromatic N) is 2. The first-order valence-electron chi connectivity index (χ1n) is 9.10. The molecule has 3 rings (SSSR count). The molecule has 0 amide bonds. The molecule has 0 radical (unpaired) electrons. The van der Waals surface area contributed by atoms with Crippen LogP contribution in [-0.2, 0) is 6.42 Å². The topological polar surface area (TPSA) is 65.1 Å². The van der Waals surface area contributed by atoms with Crippen LogP contribution in [0.25, 0.3) is 11.0 Å². The van der Waals surface area contributed by atoms with Crippen LogP contribution in [0.15, 0.2) is 53.5 Å². The number of fused-ring (bicyclic) bond motifs is 1. The molecule has 0 bridgehead atoms. The van der Waals surface area contributed by atoms with Gasteiger partial charge < -0.3 is 15.6 Å². The number of hydrogen-bond donors (Lipinski definition) is 3. The van der Waals surface area contributed by atoms with Crippen LogP contribution in [0.2, 0.25) is 0 Å². The Bertz CT molecular complexity index is 854. The molecular weight excluding hydrogens is 449 g/mol. The van der Waals surface area contributed by atoms with E-state index in [1.165, 1.54) is 11.1 Å². The van der Waals surface area contributed by atoms with Crippen LogP contribution in [-0.4, -0.2) is 36.1 Å². The van der Waals surface area contributed by atoms with Crippen molar-refractivity contribution in [1.82, 2.24) is 20.6 Å². The highest BCUT2D eigenvalue weighted by molar-refractivity contribution is 14.0. The van der Waals surface area contributed by atoms with Gasteiger partial charge in [0.1, 0.15) is 5.82 Å². The van der Waals surface area contributed by atoms with Gasteiger partial charge in [-0.15, -0.1) is 24.0 Å². The molecule has 1 heterocycles. The summed E-state index contributed by atoms with van der Waals surface area (Å²) in [5.41, 5.74) is 4.73. The SMILES string of the molecule is CN=C(NCCc1nc2ccccc2[nH]1)NCC(C)c1cccc(C)c1.I. The maximum atomic E-state index is 4.60. The van der Waals surface area contributed by atoms with E-state index < -0.39 is 0 Å². The van der Waals surface area contributed by atoms with E-state index >= 15 is 0 Å². The Kier molecular flexibility index (Phi) is 8.09. The summed E-state index contributed by atoms with van der Waals surface area (Å²) >= 11 is 0. The fourth-order valence-corrected chi connectivity index (χ4v) is 2.99. The summed E-state index contributed by atoms with van der Waals surface area (Å²) in [5.74, 6) is 2.23. The number of nitrogens with one attached hydrogen (secondary N) is 3. The minimum absolute atomic E-state index is 0. The van der Waals surface area contributed by atoms with Gasteiger partial charge in [-0.2, -0.15) is 0 Å². The normalized spacial score (nSPS) is 12.5. The second-order valence-corrected chi connectivity index (χ2v) is 6.65. The van der Waals surface area contributed by atoms with E-state index in [1.807, 2.05) is 24.3 Å². The monoisotopic (exact) mass is 477 g/mol. The second kappa shape index (κ2) is 10.3. The zero-order valence-corrected chi connectivity index (χ0v) is 18.5. The molecule has 0 saturated carbocycles. The number of halogens is 1. The Balaban J connectivity index is 0.00000261. The summed E-state index contributed by atoms with van der Waals surface area (Å²) in [5, 5.41) is 6.77. The summed E-state index contributed by atoms with van der Waals surface area (Å²) < 4.78 is 0. The molecular formula is C21H28IN5. The third-order valence-corrected chi connectivity index (χ3v) is 4.50. The van der Waals surface area contributed by atoms with Crippen molar-refractivity contribution in [3.8, 4) is 0 Å². The van der Waals surface area contributed by atoms with Crippen molar-refractivity contribution in [3.63, 3.8) is 0 Å². The van der Waals surface area contributed by atoms with Gasteiger partial charge in [-0.05, 0) is 30.5 Å². The number of rotatable bonds is 6. The molecule has 3 aromatic rings. The lowest BCUT2D eigenvalue weighted by molar-refractivity contribution is 0.695. The van der Waals surface area contributed by atoms with Crippen LogP contribution in [0.5, 0.6) is 0 Å². The number of guanidine groups is 1. The highest BCUT2D eigenvalue weighted by Gasteiger charge is 2.07. The van der Waals surface area contributed by atoms with Crippen molar-refractivity contribution in [2.45, 2.75) is 26.2 Å². The minimum atomic E-state index is 0. The highest BCUT2D eigenvalue weighted by Crippen LogP contribution is 2.15. The molecule has 27 heavy (non-hydrogen) atoms. The summed E-state index contributed by atoms with van der Waals surface area (Å²) in [7, 11) is 1.80. The molecule has 3 N–H and O–H groups in total. The maximum absolute atomic E-state index is 4.60. The van der Waals surface area contributed by atoms with Crippen molar-refractivity contribution < 1.29 is 0 Å². The van der Waals surface area contributed by atoms with Crippen molar-refractivity contribution in [2.75, 3.05) is 20.1 Å². The Labute approximate surface area is 178 Å². The Hall–Kier alpha value is -2.09. The molecule has 144 valence electrons. The first-order valence-corrected chi connectivity index (χ1v) is 9.10. The number of benzene rings is 2. The van der Waals surface area contributed by atoms with Crippen molar-refractivity contribution in [2.24, 2.45) is 4.99 Å². The fraction of sp³-hybridized carbons (Fsp3) is 0.333. The smallest absolute Gasteiger partial charge is 0.191 e. The number of aromatic nitrogens is 2. The van der Waals surface area contributed by atoms with Gasteiger partial charge in [-0.3, -0.25) is 4.99 Å². The largest absolute Gasteiger partial charge is 0.356 e. The van der Waals surface area contributed by atoms with Crippen LogP contribution in [0.4, 0.5) is 0 Å². The third-order valence-electron chi connectivity index (χ3n) is 4.50. The van der Waals surface area contributed by atoms with Crippen LogP contribution in [0.3, 0.4) is 0 Å². The van der Waals surface area contributed by atoms with Crippen LogP contribution >= 0.6 is 24.0 Å². The Morgan fingerprint density at radius 1 is 1.15 bits per heavy atom. The quantitative estimate of drug-likeness (QED) is 0.286. The van der Waals surface area contributed by atoms with Crippen molar-refractivity contribution >= 4 is 41.0 Å². The number of H-pyrrole nitrogens is 1. The molecule has 5 nitrogen and oxygen atoms in total. The second-order valence-electron chi connectivity index (χ2n) is 6.65. The predicted molar refractivity (Wildman–Crippen MR) is 124 cm³/mol. The summed E-state index contributed by atoms with van der Waals surface area (Å²) in [6.45, 7) is 5.97. The molecule has 2 aromatic carbocycles. The highest BCUT2D eigenvalue weighted by atomic mass is 127. The zero-order chi connectivity index (χ0) is 18.4. The molecule has 0 spiro atoms. The fourth-order valence-electron chi connectivity index (χ4n) is 2.99. The Morgan fingerprint density at radius 2 is 1.96 bits per heavy atom. The lowest BCUT2D eigenvalue weighted by Gasteiger charge is -2.16. The molecule has 1 unspecified atom stereocenters. The lowest BCUT2D eigenvalue weighted by atomic mass is 9.99. The van der Waals surface area contributed by atoms with Gasteiger partial charge in [0, 0.05) is 26.6 Å². The number of para-hydroxylation sites is 2. The summed E-state index contributed by atoms with van der Waals surface area (Å²) in [6.07, 6.45) is 0.822. The average Bonchev–Trinajstić information content (AvgIpc) is 3.07. The number of aromatic amines is 1. The Morgan fingerprint density at radius 3 is 2.70 bits per heavy atom. The lowest BCUT2D eigenvalue weighted by Crippen LogP contribution is -2.40. The van der Waals surface area contributed by atoms with Gasteiger partial charge in [0.05, 0.1) is 11.0 Å². The van der Waals surface area contributed by atoms with E-state index in [0.717, 1.165) is 42.3 Å². The standard InChI is InChI=1S/C21H27N5.HI/c1-15-7-6-8-17(13-15)16(2)14-24-21(22-3)23-12-11-20-25-18-9-4-5-10-19(18)26-20;/h4-10,13,16H,11-12,14H2,1-3H3,(H,25,26)(H2,22,23,24);1H. The first-order chi connectivity index (χ1) is 12.7. The van der Waals surface area contributed by atoms with E-state index in [-0.39, 0.29) is 24.0 Å². The number of imidazole rings is 1. The first kappa shape index (κ1) is 21.2. The van der Waals surface area contributed by atoms with Crippen LogP contribution in [0, 0.1) is 6.92 Å². The predicted octanol–water partition coefficient (Wildman–Crippen LogP) is 4.00. The van der Waals surface area contributed by atoms with Gasteiger partial charge in [-0.1, -0.05) is 48.9 Å². The molecule has 0 aliphatic heterocycles. The van der Waals surface area contributed by atoms with Crippen molar-refractivity contribution in [1.29, 1.82) is 0 Å². The van der Waals surface area contributed by atoms with Crippen LogP contribution in [0.1, 0.15) is 29.8 Å². The summed E-state index contributed by atoms with van der Waals surface area (Å²) in [6, 6.07) is 16.8. The average molecular weight is 477 g/mol. The molecule has 0 aliphatic rings. The van der Waals surface area contributed by atoms with E-state index in [9.17, 15) is 0 Å². The summed E-state index contributed by atoms with van der Waals surface area (Å²) in [4.78, 5) is 12.3. The van der Waals surface area contributed by atoms with Gasteiger partial charge in [0.15, 0.2) is 5.96 Å². The van der Waals surface area contributed by atoms with Crippen LogP contribution < -0.4 is 10.6 Å². The minimum Gasteiger partial charge on any atom is -0.356 e. The molecule has 0 aliphatic carbocycles. The zero-order valence-electron chi connectivity index (χ0n) is 16.1. The van der Waals surface area contributed by atoms with Crippen molar-refractivity contribution in [3.05, 3.63) is 65.5 Å². The molecule has 1 aromatic heterocycles. The molecule has 1 atom stereocenters. The van der Waals surface area contributed by atoms with Gasteiger partial charge in [-0.25, -0.2) is 4.98 Å². The number of aliphatic imine (C=N–C) groups is 1. The van der Waals surface area contributed by atoms with Gasteiger partial charge in [0.25, 0.3) is 0 Å². The van der Waals surface area contributed by atoms with Gasteiger partial charge in [0.2, 0.25) is 0 Å². The molecule has 0 saturated heterocycles. The van der Waals surface area contributed by atoms with Gasteiger partial charge >= 0.3 is 0 Å². The van der Waals surface area contributed by atoms with E-state index in [1.54, 1.807) is 7.05 Å². The maximum Gasteiger partial charge on any atom is 0.191 e. The number of aryl methyl sites for hydroxylation is 1.